The second-order valence-electron chi connectivity index (χ2n) is 4.07. The van der Waals surface area contributed by atoms with E-state index in [9.17, 15) is 4.79 Å². The Balaban J connectivity index is 2.22. The summed E-state index contributed by atoms with van der Waals surface area (Å²) in [5, 5.41) is 0. The number of fused-ring (bicyclic) bond motifs is 1. The maximum Gasteiger partial charge on any atom is 0.306 e. The molecule has 1 aliphatic rings. The first-order valence-electron chi connectivity index (χ1n) is 5.44. The van der Waals surface area contributed by atoms with Gasteiger partial charge in [0.15, 0.2) is 0 Å². The van der Waals surface area contributed by atoms with E-state index in [0.717, 1.165) is 6.42 Å². The molecule has 2 rings (SSSR count). The fourth-order valence-electron chi connectivity index (χ4n) is 2.39. The van der Waals surface area contributed by atoms with Gasteiger partial charge in [-0.1, -0.05) is 24.3 Å². The van der Waals surface area contributed by atoms with Crippen LogP contribution in [0.25, 0.3) is 0 Å². The van der Waals surface area contributed by atoms with Gasteiger partial charge in [-0.15, -0.1) is 0 Å². The van der Waals surface area contributed by atoms with E-state index in [2.05, 4.69) is 12.1 Å². The van der Waals surface area contributed by atoms with E-state index in [1.165, 1.54) is 18.2 Å². The second kappa shape index (κ2) is 4.66. The van der Waals surface area contributed by atoms with Crippen LogP contribution in [0.1, 0.15) is 36.0 Å². The third kappa shape index (κ3) is 1.95. The minimum absolute atomic E-state index is 0.117. The molecule has 1 aliphatic carbocycles. The zero-order valence-electron chi connectivity index (χ0n) is 9.60. The van der Waals surface area contributed by atoms with Crippen molar-refractivity contribution in [3.8, 4) is 0 Å². The smallest absolute Gasteiger partial charge is 0.306 e. The number of carbonyl (C=O) groups excluding carboxylic acids is 1. The van der Waals surface area contributed by atoms with E-state index in [1.54, 1.807) is 7.11 Å². The molecule has 0 N–H and O–H groups in total. The van der Waals surface area contributed by atoms with E-state index in [1.807, 2.05) is 12.1 Å². The molecule has 0 saturated carbocycles. The molecule has 0 radical (unpaired) electrons. The van der Waals surface area contributed by atoms with Crippen molar-refractivity contribution < 1.29 is 14.3 Å². The van der Waals surface area contributed by atoms with Gasteiger partial charge in [-0.2, -0.15) is 0 Å². The number of carbonyl (C=O) groups is 1. The molecular formula is C13H16O3. The molecule has 1 aromatic carbocycles. The summed E-state index contributed by atoms with van der Waals surface area (Å²) >= 11 is 0. The van der Waals surface area contributed by atoms with Crippen molar-refractivity contribution in [2.24, 2.45) is 0 Å². The van der Waals surface area contributed by atoms with E-state index >= 15 is 0 Å². The predicted octanol–water partition coefficient (Wildman–Crippen LogP) is 2.42. The van der Waals surface area contributed by atoms with Gasteiger partial charge in [-0.05, 0) is 23.5 Å². The monoisotopic (exact) mass is 220 g/mol. The van der Waals surface area contributed by atoms with Crippen molar-refractivity contribution in [2.75, 3.05) is 14.2 Å². The first-order valence-corrected chi connectivity index (χ1v) is 5.44. The van der Waals surface area contributed by atoms with Crippen LogP contribution in [0.3, 0.4) is 0 Å². The van der Waals surface area contributed by atoms with E-state index < -0.39 is 0 Å². The Kier molecular flexibility index (Phi) is 3.25. The molecule has 0 fully saturated rings. The van der Waals surface area contributed by atoms with Crippen LogP contribution in [0.4, 0.5) is 0 Å². The van der Waals surface area contributed by atoms with Crippen molar-refractivity contribution in [3.63, 3.8) is 0 Å². The standard InChI is InChI=1S/C13H16O3/c1-15-12-7-9(8-13(14)16-2)10-5-3-4-6-11(10)12/h3-6,9,12H,7-8H2,1-2H3/t9-,12+/m0/s1. The highest BCUT2D eigenvalue weighted by Gasteiger charge is 2.31. The highest BCUT2D eigenvalue weighted by Crippen LogP contribution is 2.43. The van der Waals surface area contributed by atoms with Gasteiger partial charge in [0.25, 0.3) is 0 Å². The van der Waals surface area contributed by atoms with Crippen LogP contribution in [-0.4, -0.2) is 20.2 Å². The molecular weight excluding hydrogens is 204 g/mol. The fraction of sp³-hybridized carbons (Fsp3) is 0.462. The highest BCUT2D eigenvalue weighted by atomic mass is 16.5. The van der Waals surface area contributed by atoms with E-state index in [0.29, 0.717) is 6.42 Å². The maximum absolute atomic E-state index is 11.3. The summed E-state index contributed by atoms with van der Waals surface area (Å²) in [4.78, 5) is 11.3. The predicted molar refractivity (Wildman–Crippen MR) is 60.2 cm³/mol. The molecule has 2 atom stereocenters. The molecule has 86 valence electrons. The molecule has 0 unspecified atom stereocenters. The summed E-state index contributed by atoms with van der Waals surface area (Å²) in [6.07, 6.45) is 1.42. The largest absolute Gasteiger partial charge is 0.469 e. The first kappa shape index (κ1) is 11.1. The number of ether oxygens (including phenoxy) is 2. The Morgan fingerprint density at radius 2 is 2.00 bits per heavy atom. The summed E-state index contributed by atoms with van der Waals surface area (Å²) in [5.74, 6) is 0.0742. The number of esters is 1. The average Bonchev–Trinajstić information content (AvgIpc) is 2.68. The molecule has 0 heterocycles. The van der Waals surface area contributed by atoms with Gasteiger partial charge in [0.05, 0.1) is 19.6 Å². The molecule has 0 spiro atoms. The highest BCUT2D eigenvalue weighted by molar-refractivity contribution is 5.70. The third-order valence-corrected chi connectivity index (χ3v) is 3.21. The average molecular weight is 220 g/mol. The van der Waals surface area contributed by atoms with Crippen LogP contribution in [-0.2, 0) is 14.3 Å². The minimum atomic E-state index is -0.156. The lowest BCUT2D eigenvalue weighted by atomic mass is 9.98. The first-order chi connectivity index (χ1) is 7.76. The quantitative estimate of drug-likeness (QED) is 0.734. The number of hydrogen-bond acceptors (Lipinski definition) is 3. The summed E-state index contributed by atoms with van der Waals surface area (Å²) < 4.78 is 10.1. The molecule has 3 nitrogen and oxygen atoms in total. The summed E-state index contributed by atoms with van der Waals surface area (Å²) in [5.41, 5.74) is 2.43. The third-order valence-electron chi connectivity index (χ3n) is 3.21. The number of hydrogen-bond donors (Lipinski definition) is 0. The number of methoxy groups -OCH3 is 2. The minimum Gasteiger partial charge on any atom is -0.469 e. The van der Waals surface area contributed by atoms with Crippen molar-refractivity contribution in [3.05, 3.63) is 35.4 Å². The molecule has 1 aromatic rings. The topological polar surface area (TPSA) is 35.5 Å². The van der Waals surface area contributed by atoms with Gasteiger partial charge in [0.1, 0.15) is 0 Å². The Morgan fingerprint density at radius 3 is 2.62 bits per heavy atom. The Morgan fingerprint density at radius 1 is 1.31 bits per heavy atom. The zero-order chi connectivity index (χ0) is 11.5. The maximum atomic E-state index is 11.3. The van der Waals surface area contributed by atoms with Gasteiger partial charge >= 0.3 is 5.97 Å². The lowest BCUT2D eigenvalue weighted by Gasteiger charge is -2.09. The van der Waals surface area contributed by atoms with Gasteiger partial charge < -0.3 is 9.47 Å². The second-order valence-corrected chi connectivity index (χ2v) is 4.07. The normalized spacial score (nSPS) is 22.9. The van der Waals surface area contributed by atoms with Crippen molar-refractivity contribution in [2.45, 2.75) is 24.9 Å². The number of rotatable bonds is 3. The van der Waals surface area contributed by atoms with Crippen molar-refractivity contribution >= 4 is 5.97 Å². The van der Waals surface area contributed by atoms with E-state index in [4.69, 9.17) is 9.47 Å². The molecule has 0 amide bonds. The van der Waals surface area contributed by atoms with Crippen LogP contribution in [0.15, 0.2) is 24.3 Å². The van der Waals surface area contributed by atoms with Crippen molar-refractivity contribution in [1.82, 2.24) is 0 Å². The number of benzene rings is 1. The Bertz CT molecular complexity index is 387. The van der Waals surface area contributed by atoms with Gasteiger partial charge in [0, 0.05) is 7.11 Å². The lowest BCUT2D eigenvalue weighted by Crippen LogP contribution is -2.06. The molecule has 0 bridgehead atoms. The zero-order valence-corrected chi connectivity index (χ0v) is 9.60. The summed E-state index contributed by atoms with van der Waals surface area (Å²) in [7, 11) is 3.14. The Hall–Kier alpha value is -1.35. The lowest BCUT2D eigenvalue weighted by molar-refractivity contribution is -0.141. The van der Waals surface area contributed by atoms with Crippen LogP contribution >= 0.6 is 0 Å². The molecule has 0 aromatic heterocycles. The van der Waals surface area contributed by atoms with Gasteiger partial charge in [0.2, 0.25) is 0 Å². The van der Waals surface area contributed by atoms with Crippen molar-refractivity contribution in [1.29, 1.82) is 0 Å². The SMILES string of the molecule is COC(=O)C[C@@H]1C[C@@H](OC)c2ccccc21. The van der Waals surface area contributed by atoms with Crippen LogP contribution < -0.4 is 0 Å². The molecule has 0 saturated heterocycles. The van der Waals surface area contributed by atoms with Crippen LogP contribution in [0, 0.1) is 0 Å². The molecule has 3 heteroatoms. The fourth-order valence-corrected chi connectivity index (χ4v) is 2.39. The Labute approximate surface area is 95.4 Å². The molecule has 16 heavy (non-hydrogen) atoms. The van der Waals surface area contributed by atoms with E-state index in [-0.39, 0.29) is 18.0 Å². The molecule has 0 aliphatic heterocycles. The van der Waals surface area contributed by atoms with Gasteiger partial charge in [-0.25, -0.2) is 0 Å². The van der Waals surface area contributed by atoms with Crippen LogP contribution in [0.2, 0.25) is 0 Å². The summed E-state index contributed by atoms with van der Waals surface area (Å²) in [6, 6.07) is 8.15. The van der Waals surface area contributed by atoms with Gasteiger partial charge in [-0.3, -0.25) is 4.79 Å². The summed E-state index contributed by atoms with van der Waals surface area (Å²) in [6.45, 7) is 0. The van der Waals surface area contributed by atoms with Crippen LogP contribution in [0.5, 0.6) is 0 Å².